The molecule has 1 fully saturated rings. The summed E-state index contributed by atoms with van der Waals surface area (Å²) in [4.78, 5) is 21.9. The van der Waals surface area contributed by atoms with Gasteiger partial charge in [-0.3, -0.25) is 9.59 Å². The largest absolute Gasteiger partial charge is 0.481 e. The molecule has 2 aliphatic heterocycles. The molecule has 0 saturated carbocycles. The molecule has 5 heteroatoms. The summed E-state index contributed by atoms with van der Waals surface area (Å²) < 4.78 is 0. The van der Waals surface area contributed by atoms with E-state index in [0.29, 0.717) is 0 Å². The first-order valence-corrected chi connectivity index (χ1v) is 6.08. The zero-order chi connectivity index (χ0) is 10.5. The van der Waals surface area contributed by atoms with Gasteiger partial charge in [0, 0.05) is 0 Å². The Morgan fingerprint density at radius 1 is 1.43 bits per heavy atom. The van der Waals surface area contributed by atoms with E-state index in [9.17, 15) is 9.59 Å². The van der Waals surface area contributed by atoms with Crippen LogP contribution in [0.4, 0.5) is 0 Å². The molecule has 14 heavy (non-hydrogen) atoms. The van der Waals surface area contributed by atoms with Crippen LogP contribution < -0.4 is 0 Å². The van der Waals surface area contributed by atoms with Gasteiger partial charge in [0.25, 0.3) is 0 Å². The molecular formula is C9H11O4P. The second-order valence-corrected chi connectivity index (χ2v) is 6.03. The fourth-order valence-electron chi connectivity index (χ4n) is 2.40. The van der Waals surface area contributed by atoms with E-state index < -0.39 is 31.4 Å². The molecule has 2 bridgehead atoms. The highest BCUT2D eigenvalue weighted by molar-refractivity contribution is 7.63. The second kappa shape index (κ2) is 3.06. The summed E-state index contributed by atoms with van der Waals surface area (Å²) in [7, 11) is -0.725. The molecule has 0 spiro atoms. The molecule has 4 atom stereocenters. The lowest BCUT2D eigenvalue weighted by Crippen LogP contribution is -2.34. The van der Waals surface area contributed by atoms with Crippen molar-refractivity contribution in [3.63, 3.8) is 0 Å². The molecule has 2 heterocycles. The molecule has 0 aromatic carbocycles. The SMILES string of the molecule is CC1=CP2CC1C(C(=O)O)C2C(=O)O. The Bertz CT molecular complexity index is 336. The number of carbonyl (C=O) groups is 2. The van der Waals surface area contributed by atoms with Crippen LogP contribution in [0.3, 0.4) is 0 Å². The van der Waals surface area contributed by atoms with E-state index in [1.807, 2.05) is 12.7 Å². The van der Waals surface area contributed by atoms with Gasteiger partial charge in [0.2, 0.25) is 0 Å². The maximum Gasteiger partial charge on any atom is 0.312 e. The maximum atomic E-state index is 11.0. The number of carboxylic acids is 2. The van der Waals surface area contributed by atoms with E-state index in [1.165, 1.54) is 0 Å². The average Bonchev–Trinajstić information content (AvgIpc) is 2.58. The van der Waals surface area contributed by atoms with Crippen molar-refractivity contribution in [2.24, 2.45) is 11.8 Å². The van der Waals surface area contributed by atoms with Crippen molar-refractivity contribution >= 4 is 19.9 Å². The van der Waals surface area contributed by atoms with Gasteiger partial charge >= 0.3 is 11.9 Å². The van der Waals surface area contributed by atoms with Crippen molar-refractivity contribution in [1.29, 1.82) is 0 Å². The van der Waals surface area contributed by atoms with E-state index in [1.54, 1.807) is 0 Å². The number of fused-ring (bicyclic) bond motifs is 2. The highest BCUT2D eigenvalue weighted by Gasteiger charge is 2.53. The fourth-order valence-corrected chi connectivity index (χ4v) is 5.61. The number of hydrogen-bond acceptors (Lipinski definition) is 2. The smallest absolute Gasteiger partial charge is 0.312 e. The predicted molar refractivity (Wildman–Crippen MR) is 51.6 cm³/mol. The summed E-state index contributed by atoms with van der Waals surface area (Å²) in [6.07, 6.45) is 0.759. The highest BCUT2D eigenvalue weighted by atomic mass is 31.1. The van der Waals surface area contributed by atoms with Gasteiger partial charge in [0.05, 0.1) is 11.6 Å². The number of hydrogen-bond donors (Lipinski definition) is 2. The Kier molecular flexibility index (Phi) is 2.11. The van der Waals surface area contributed by atoms with Crippen molar-refractivity contribution in [3.05, 3.63) is 11.4 Å². The zero-order valence-electron chi connectivity index (χ0n) is 7.67. The Hall–Kier alpha value is -0.890. The van der Waals surface area contributed by atoms with E-state index >= 15 is 0 Å². The lowest BCUT2D eigenvalue weighted by atomic mass is 9.86. The van der Waals surface area contributed by atoms with Gasteiger partial charge in [-0.2, -0.15) is 0 Å². The molecule has 0 aromatic rings. The normalized spacial score (nSPS) is 39.6. The minimum atomic E-state index is -0.958. The van der Waals surface area contributed by atoms with Gasteiger partial charge in [-0.1, -0.05) is 19.3 Å². The van der Waals surface area contributed by atoms with Crippen LogP contribution in [0.1, 0.15) is 6.92 Å². The fraction of sp³-hybridized carbons (Fsp3) is 0.556. The summed E-state index contributed by atoms with van der Waals surface area (Å²) in [6.45, 7) is 1.90. The minimum absolute atomic E-state index is 0.0280. The van der Waals surface area contributed by atoms with Crippen molar-refractivity contribution in [2.75, 3.05) is 6.16 Å². The quantitative estimate of drug-likeness (QED) is 0.676. The van der Waals surface area contributed by atoms with E-state index in [4.69, 9.17) is 10.2 Å². The molecule has 2 N–H and O–H groups in total. The van der Waals surface area contributed by atoms with Gasteiger partial charge in [0.1, 0.15) is 0 Å². The molecule has 0 radical (unpaired) electrons. The predicted octanol–water partition coefficient (Wildman–Crippen LogP) is 1.17. The van der Waals surface area contributed by atoms with Crippen molar-refractivity contribution < 1.29 is 19.8 Å². The molecular weight excluding hydrogens is 203 g/mol. The van der Waals surface area contributed by atoms with Crippen LogP contribution in [0, 0.1) is 11.8 Å². The van der Waals surface area contributed by atoms with Crippen molar-refractivity contribution in [3.8, 4) is 0 Å². The van der Waals surface area contributed by atoms with Gasteiger partial charge in [-0.25, -0.2) is 0 Å². The molecule has 2 rings (SSSR count). The number of allylic oxidation sites excluding steroid dienone is 1. The summed E-state index contributed by atoms with van der Waals surface area (Å²) >= 11 is 0. The maximum absolute atomic E-state index is 11.0. The summed E-state index contributed by atoms with van der Waals surface area (Å²) in [6, 6.07) is 0. The molecule has 2 aliphatic rings. The standard InChI is InChI=1S/C9H11O4P/c1-4-2-14-3-5(4)6(8(10)11)7(14)9(12)13/h2,5-7H,3H2,1H3,(H,10,11)(H,12,13). The molecule has 0 aliphatic carbocycles. The van der Waals surface area contributed by atoms with Crippen LogP contribution in [-0.4, -0.2) is 34.0 Å². The molecule has 0 aromatic heterocycles. The first-order chi connectivity index (χ1) is 6.52. The van der Waals surface area contributed by atoms with Crippen molar-refractivity contribution in [2.45, 2.75) is 12.6 Å². The summed E-state index contributed by atoms with van der Waals surface area (Å²) in [5.41, 5.74) is 0.414. The number of rotatable bonds is 2. The zero-order valence-corrected chi connectivity index (χ0v) is 8.57. The molecule has 4 unspecified atom stereocenters. The number of carboxylic acid groups (broad SMARTS) is 2. The molecule has 4 nitrogen and oxygen atoms in total. The number of aliphatic carboxylic acids is 2. The minimum Gasteiger partial charge on any atom is -0.481 e. The first kappa shape index (κ1) is 9.66. The van der Waals surface area contributed by atoms with E-state index in [2.05, 4.69) is 0 Å². The van der Waals surface area contributed by atoms with Gasteiger partial charge in [-0.15, -0.1) is 0 Å². The van der Waals surface area contributed by atoms with Gasteiger partial charge in [0.15, 0.2) is 0 Å². The molecule has 76 valence electrons. The topological polar surface area (TPSA) is 74.6 Å². The molecule has 1 saturated heterocycles. The average molecular weight is 214 g/mol. The first-order valence-electron chi connectivity index (χ1n) is 4.42. The van der Waals surface area contributed by atoms with Crippen LogP contribution in [0.5, 0.6) is 0 Å². The Morgan fingerprint density at radius 3 is 2.57 bits per heavy atom. The summed E-state index contributed by atoms with van der Waals surface area (Å²) in [5, 5.41) is 18.0. The molecule has 0 amide bonds. The third kappa shape index (κ3) is 1.17. The second-order valence-electron chi connectivity index (χ2n) is 3.82. The van der Waals surface area contributed by atoms with Crippen LogP contribution in [0.25, 0.3) is 0 Å². The monoisotopic (exact) mass is 214 g/mol. The van der Waals surface area contributed by atoms with E-state index in [-0.39, 0.29) is 5.92 Å². The Morgan fingerprint density at radius 2 is 2.07 bits per heavy atom. The van der Waals surface area contributed by atoms with Crippen LogP contribution in [-0.2, 0) is 9.59 Å². The van der Waals surface area contributed by atoms with Crippen LogP contribution >= 0.6 is 7.92 Å². The van der Waals surface area contributed by atoms with Crippen molar-refractivity contribution in [1.82, 2.24) is 0 Å². The highest BCUT2D eigenvalue weighted by Crippen LogP contribution is 2.64. The van der Waals surface area contributed by atoms with Crippen LogP contribution in [0.2, 0.25) is 0 Å². The summed E-state index contributed by atoms with van der Waals surface area (Å²) in [5.74, 6) is -0.643. The van der Waals surface area contributed by atoms with E-state index in [0.717, 1.165) is 11.7 Å². The lowest BCUT2D eigenvalue weighted by Gasteiger charge is -2.23. The van der Waals surface area contributed by atoms with Gasteiger partial charge in [-0.05, 0) is 19.0 Å². The lowest BCUT2D eigenvalue weighted by molar-refractivity contribution is -0.148. The Labute approximate surface area is 82.4 Å². The van der Waals surface area contributed by atoms with Gasteiger partial charge < -0.3 is 10.2 Å². The van der Waals surface area contributed by atoms with Crippen LogP contribution in [0.15, 0.2) is 11.4 Å². The Balaban J connectivity index is 2.35. The third-order valence-electron chi connectivity index (χ3n) is 3.03. The third-order valence-corrected chi connectivity index (χ3v) is 5.84.